The fourth-order valence-electron chi connectivity index (χ4n) is 2.90. The molecule has 1 aromatic carbocycles. The fourth-order valence-corrected chi connectivity index (χ4v) is 2.90. The van der Waals surface area contributed by atoms with Crippen molar-refractivity contribution >= 4 is 22.8 Å². The van der Waals surface area contributed by atoms with Gasteiger partial charge in [-0.2, -0.15) is 4.98 Å². The number of non-ortho nitro benzene ring substituents is 1. The van der Waals surface area contributed by atoms with Crippen molar-refractivity contribution in [2.24, 2.45) is 7.05 Å². The van der Waals surface area contributed by atoms with Crippen LogP contribution >= 0.6 is 0 Å². The lowest BCUT2D eigenvalue weighted by atomic mass is 10.3. The molecule has 0 aliphatic heterocycles. The van der Waals surface area contributed by atoms with Crippen molar-refractivity contribution < 1.29 is 14.8 Å². The molecule has 2 aromatic heterocycles. The summed E-state index contributed by atoms with van der Waals surface area (Å²) in [6.45, 7) is 2.42. The van der Waals surface area contributed by atoms with E-state index in [2.05, 4.69) is 15.3 Å². The number of aromatic nitrogens is 4. The van der Waals surface area contributed by atoms with E-state index in [1.807, 2.05) is 6.92 Å². The number of hydrogen-bond acceptors (Lipinski definition) is 8. The number of aromatic amines is 1. The van der Waals surface area contributed by atoms with E-state index < -0.39 is 22.3 Å². The Morgan fingerprint density at radius 2 is 2.03 bits per heavy atom. The molecular weight excluding hydrogens is 396 g/mol. The highest BCUT2D eigenvalue weighted by atomic mass is 16.6. The number of hydrogen-bond donors (Lipinski definition) is 3. The van der Waals surface area contributed by atoms with Crippen LogP contribution < -0.4 is 21.3 Å². The number of aliphatic hydroxyl groups is 1. The molecular formula is C18H22N6O6. The highest BCUT2D eigenvalue weighted by molar-refractivity contribution is 5.74. The topological polar surface area (TPSA) is 157 Å². The van der Waals surface area contributed by atoms with Gasteiger partial charge in [0.2, 0.25) is 5.95 Å². The Morgan fingerprint density at radius 1 is 1.33 bits per heavy atom. The molecule has 0 aliphatic carbocycles. The zero-order chi connectivity index (χ0) is 21.8. The number of benzene rings is 1. The zero-order valence-corrected chi connectivity index (χ0v) is 16.5. The molecule has 0 bridgehead atoms. The lowest BCUT2D eigenvalue weighted by Crippen LogP contribution is -2.31. The summed E-state index contributed by atoms with van der Waals surface area (Å²) in [7, 11) is 1.50. The Morgan fingerprint density at radius 3 is 2.67 bits per heavy atom. The molecule has 30 heavy (non-hydrogen) atoms. The summed E-state index contributed by atoms with van der Waals surface area (Å²) in [5, 5.41) is 24.3. The number of ether oxygens (including phenoxy) is 1. The number of H-pyrrole nitrogens is 1. The van der Waals surface area contributed by atoms with Gasteiger partial charge in [-0.05, 0) is 18.6 Å². The predicted molar refractivity (Wildman–Crippen MR) is 109 cm³/mol. The first-order chi connectivity index (χ1) is 14.3. The molecule has 0 amide bonds. The van der Waals surface area contributed by atoms with Crippen molar-refractivity contribution in [2.45, 2.75) is 26.0 Å². The third kappa shape index (κ3) is 4.33. The van der Waals surface area contributed by atoms with E-state index >= 15 is 0 Å². The van der Waals surface area contributed by atoms with Crippen molar-refractivity contribution in [1.29, 1.82) is 0 Å². The minimum atomic E-state index is -1.02. The molecule has 2 heterocycles. The summed E-state index contributed by atoms with van der Waals surface area (Å²) in [6.07, 6.45) is -0.207. The van der Waals surface area contributed by atoms with E-state index in [-0.39, 0.29) is 30.0 Å². The number of fused-ring (bicyclic) bond motifs is 1. The maximum Gasteiger partial charge on any atom is 0.329 e. The van der Waals surface area contributed by atoms with Crippen molar-refractivity contribution in [3.05, 3.63) is 55.2 Å². The van der Waals surface area contributed by atoms with Crippen LogP contribution in [0.4, 0.5) is 11.6 Å². The largest absolute Gasteiger partial charge is 0.491 e. The number of nitro groups is 1. The van der Waals surface area contributed by atoms with Crippen molar-refractivity contribution in [2.75, 3.05) is 18.5 Å². The Kier molecular flexibility index (Phi) is 6.16. The molecule has 12 nitrogen and oxygen atoms in total. The van der Waals surface area contributed by atoms with Crippen LogP contribution in [-0.2, 0) is 13.6 Å². The zero-order valence-electron chi connectivity index (χ0n) is 16.5. The first-order valence-corrected chi connectivity index (χ1v) is 9.30. The Hall–Kier alpha value is -3.67. The van der Waals surface area contributed by atoms with E-state index in [1.165, 1.54) is 40.4 Å². The van der Waals surface area contributed by atoms with E-state index in [4.69, 9.17) is 4.74 Å². The van der Waals surface area contributed by atoms with Crippen molar-refractivity contribution in [3.8, 4) is 5.75 Å². The van der Waals surface area contributed by atoms with Crippen molar-refractivity contribution in [3.63, 3.8) is 0 Å². The van der Waals surface area contributed by atoms with Crippen LogP contribution in [0.1, 0.15) is 13.3 Å². The lowest BCUT2D eigenvalue weighted by molar-refractivity contribution is -0.384. The molecule has 160 valence electrons. The van der Waals surface area contributed by atoms with Gasteiger partial charge in [0, 0.05) is 25.7 Å². The normalized spacial score (nSPS) is 12.1. The number of aryl methyl sites for hydroxylation is 1. The highest BCUT2D eigenvalue weighted by Gasteiger charge is 2.19. The second-order valence-electron chi connectivity index (χ2n) is 6.68. The van der Waals surface area contributed by atoms with E-state index in [0.717, 1.165) is 6.42 Å². The van der Waals surface area contributed by atoms with Crippen LogP contribution in [0.25, 0.3) is 11.2 Å². The number of rotatable bonds is 9. The van der Waals surface area contributed by atoms with Gasteiger partial charge in [0.25, 0.3) is 11.2 Å². The summed E-state index contributed by atoms with van der Waals surface area (Å²) in [6, 6.07) is 5.48. The minimum Gasteiger partial charge on any atom is -0.491 e. The molecule has 0 saturated heterocycles. The minimum absolute atomic E-state index is 0.0171. The maximum atomic E-state index is 12.4. The van der Waals surface area contributed by atoms with Gasteiger partial charge in [0.15, 0.2) is 11.2 Å². The maximum absolute atomic E-state index is 12.4. The third-order valence-electron chi connectivity index (χ3n) is 4.42. The number of aliphatic hydroxyl groups excluding tert-OH is 1. The molecule has 12 heteroatoms. The Labute approximate surface area is 169 Å². The van der Waals surface area contributed by atoms with Gasteiger partial charge < -0.3 is 19.7 Å². The lowest BCUT2D eigenvalue weighted by Gasteiger charge is -2.15. The monoisotopic (exact) mass is 418 g/mol. The summed E-state index contributed by atoms with van der Waals surface area (Å²) >= 11 is 0. The van der Waals surface area contributed by atoms with Crippen LogP contribution in [0.3, 0.4) is 0 Å². The number of imidazole rings is 1. The van der Waals surface area contributed by atoms with Crippen LogP contribution in [0, 0.1) is 10.1 Å². The predicted octanol–water partition coefficient (Wildman–Crippen LogP) is 0.593. The molecule has 0 radical (unpaired) electrons. The quantitative estimate of drug-likeness (QED) is 0.337. The fraction of sp³-hybridized carbons (Fsp3) is 0.389. The number of anilines is 1. The van der Waals surface area contributed by atoms with Gasteiger partial charge >= 0.3 is 5.69 Å². The van der Waals surface area contributed by atoms with Crippen LogP contribution in [0.5, 0.6) is 5.75 Å². The van der Waals surface area contributed by atoms with Gasteiger partial charge in [0.05, 0.1) is 11.5 Å². The number of nitro benzene ring substituents is 1. The molecule has 0 saturated carbocycles. The van der Waals surface area contributed by atoms with Crippen LogP contribution in [0.15, 0.2) is 33.9 Å². The van der Waals surface area contributed by atoms with Crippen LogP contribution in [-0.4, -0.2) is 48.4 Å². The molecule has 3 rings (SSSR count). The first-order valence-electron chi connectivity index (χ1n) is 9.30. The summed E-state index contributed by atoms with van der Waals surface area (Å²) in [4.78, 5) is 41.0. The molecule has 0 spiro atoms. The van der Waals surface area contributed by atoms with Gasteiger partial charge in [-0.25, -0.2) is 4.79 Å². The van der Waals surface area contributed by atoms with Gasteiger partial charge in [-0.3, -0.25) is 24.5 Å². The molecule has 0 fully saturated rings. The SMILES string of the molecule is CCCNc1nc2c(c(=O)[nH]c(=O)n2C)n1C[C@H](O)COc1ccc([N+](=O)[O-])cc1. The first kappa shape index (κ1) is 21.0. The van der Waals surface area contributed by atoms with Gasteiger partial charge in [0.1, 0.15) is 18.5 Å². The van der Waals surface area contributed by atoms with Crippen LogP contribution in [0.2, 0.25) is 0 Å². The summed E-state index contributed by atoms with van der Waals surface area (Å²) in [5.74, 6) is 0.715. The Bertz CT molecular complexity index is 1160. The average molecular weight is 418 g/mol. The summed E-state index contributed by atoms with van der Waals surface area (Å²) < 4.78 is 8.22. The molecule has 0 unspecified atom stereocenters. The van der Waals surface area contributed by atoms with E-state index in [0.29, 0.717) is 18.2 Å². The average Bonchev–Trinajstić information content (AvgIpc) is 3.08. The standard InChI is InChI=1S/C18H22N6O6/c1-3-8-19-17-20-15-14(16(26)21-18(27)22(15)2)23(17)9-12(25)10-30-13-6-4-11(5-7-13)24(28)29/h4-7,12,25H,3,8-10H2,1-2H3,(H,19,20)(H,21,26,27)/t12-/m0/s1. The Balaban J connectivity index is 1.82. The van der Waals surface area contributed by atoms with E-state index in [1.54, 1.807) is 0 Å². The van der Waals surface area contributed by atoms with Gasteiger partial charge in [-0.15, -0.1) is 0 Å². The molecule has 1 atom stereocenters. The second-order valence-corrected chi connectivity index (χ2v) is 6.68. The third-order valence-corrected chi connectivity index (χ3v) is 4.42. The number of nitrogens with zero attached hydrogens (tertiary/aromatic N) is 4. The van der Waals surface area contributed by atoms with Crippen molar-refractivity contribution in [1.82, 2.24) is 19.1 Å². The molecule has 0 aliphatic rings. The molecule has 3 aromatic rings. The smallest absolute Gasteiger partial charge is 0.329 e. The van der Waals surface area contributed by atoms with E-state index in [9.17, 15) is 24.8 Å². The van der Waals surface area contributed by atoms with Gasteiger partial charge in [-0.1, -0.05) is 6.92 Å². The number of nitrogens with one attached hydrogen (secondary N) is 2. The highest BCUT2D eigenvalue weighted by Crippen LogP contribution is 2.19. The summed E-state index contributed by atoms with van der Waals surface area (Å²) in [5.41, 5.74) is -0.893. The molecule has 3 N–H and O–H groups in total. The second kappa shape index (κ2) is 8.78.